The number of nitrogens with one attached hydrogen (secondary N) is 1. The largest absolute Gasteiger partial charge is 0.296 e. The zero-order valence-electron chi connectivity index (χ0n) is 12.0. The van der Waals surface area contributed by atoms with Crippen molar-refractivity contribution in [3.05, 3.63) is 34.9 Å². The van der Waals surface area contributed by atoms with E-state index in [1.165, 1.54) is 0 Å². The van der Waals surface area contributed by atoms with E-state index in [-0.39, 0.29) is 17.2 Å². The van der Waals surface area contributed by atoms with Gasteiger partial charge in [0.1, 0.15) is 0 Å². The molecule has 4 heteroatoms. The predicted octanol–water partition coefficient (Wildman–Crippen LogP) is 2.38. The Morgan fingerprint density at radius 2 is 2.00 bits per heavy atom. The maximum absolute atomic E-state index is 12.0. The van der Waals surface area contributed by atoms with Crippen molar-refractivity contribution in [1.82, 2.24) is 5.32 Å². The van der Waals surface area contributed by atoms with E-state index in [9.17, 15) is 14.9 Å². The Bertz CT molecular complexity index is 606. The molecule has 0 aromatic heterocycles. The van der Waals surface area contributed by atoms with Crippen molar-refractivity contribution >= 4 is 11.8 Å². The third-order valence-electron chi connectivity index (χ3n) is 3.65. The lowest BCUT2D eigenvalue weighted by Crippen LogP contribution is -2.39. The molecule has 4 nitrogen and oxygen atoms in total. The number of imide groups is 1. The van der Waals surface area contributed by atoms with Gasteiger partial charge in [0, 0.05) is 6.42 Å². The van der Waals surface area contributed by atoms with Crippen LogP contribution in [0.1, 0.15) is 56.2 Å². The van der Waals surface area contributed by atoms with Gasteiger partial charge in [-0.05, 0) is 29.0 Å². The fraction of sp³-hybridized carbons (Fsp3) is 0.438. The summed E-state index contributed by atoms with van der Waals surface area (Å²) >= 11 is 0. The van der Waals surface area contributed by atoms with Crippen LogP contribution in [0.2, 0.25) is 0 Å². The van der Waals surface area contributed by atoms with Gasteiger partial charge in [0.25, 0.3) is 0 Å². The molecule has 1 fully saturated rings. The molecule has 1 heterocycles. The molecule has 1 atom stereocenters. The lowest BCUT2D eigenvalue weighted by Gasteiger charge is -2.25. The van der Waals surface area contributed by atoms with E-state index in [0.717, 1.165) is 11.1 Å². The molecular weight excluding hydrogens is 252 g/mol. The maximum Gasteiger partial charge on any atom is 0.234 e. The summed E-state index contributed by atoms with van der Waals surface area (Å²) in [6.07, 6.45) is 0.786. The fourth-order valence-corrected chi connectivity index (χ4v) is 2.41. The highest BCUT2D eigenvalue weighted by atomic mass is 16.2. The highest BCUT2D eigenvalue weighted by Crippen LogP contribution is 2.31. The molecule has 0 aliphatic carbocycles. The van der Waals surface area contributed by atoms with E-state index < -0.39 is 5.92 Å². The summed E-state index contributed by atoms with van der Waals surface area (Å²) in [4.78, 5) is 23.2. The molecule has 1 saturated heterocycles. The molecule has 1 aromatic rings. The molecule has 0 bridgehead atoms. The van der Waals surface area contributed by atoms with Crippen LogP contribution in [0.25, 0.3) is 0 Å². The summed E-state index contributed by atoms with van der Waals surface area (Å²) < 4.78 is 0. The number of hydrogen-bond acceptors (Lipinski definition) is 3. The van der Waals surface area contributed by atoms with Gasteiger partial charge < -0.3 is 0 Å². The molecule has 1 aliphatic heterocycles. The summed E-state index contributed by atoms with van der Waals surface area (Å²) in [6, 6.07) is 7.76. The summed E-state index contributed by atoms with van der Waals surface area (Å²) in [6.45, 7) is 6.26. The van der Waals surface area contributed by atoms with E-state index in [4.69, 9.17) is 0 Å². The van der Waals surface area contributed by atoms with Crippen LogP contribution in [0.4, 0.5) is 0 Å². The highest BCUT2D eigenvalue weighted by molar-refractivity contribution is 6.01. The van der Waals surface area contributed by atoms with E-state index in [1.54, 1.807) is 6.07 Å². The second-order valence-corrected chi connectivity index (χ2v) is 6.17. The Kier molecular flexibility index (Phi) is 3.63. The quantitative estimate of drug-likeness (QED) is 0.796. The van der Waals surface area contributed by atoms with Gasteiger partial charge in [-0.15, -0.1) is 0 Å². The summed E-state index contributed by atoms with van der Waals surface area (Å²) in [7, 11) is 0. The Balaban J connectivity index is 2.46. The van der Waals surface area contributed by atoms with Crippen molar-refractivity contribution < 1.29 is 9.59 Å². The van der Waals surface area contributed by atoms with Crippen molar-refractivity contribution in [3.8, 4) is 6.07 Å². The number of benzene rings is 1. The summed E-state index contributed by atoms with van der Waals surface area (Å²) in [5.41, 5.74) is 2.26. The Morgan fingerprint density at radius 3 is 2.55 bits per heavy atom. The van der Waals surface area contributed by atoms with Crippen molar-refractivity contribution in [2.24, 2.45) is 0 Å². The summed E-state index contributed by atoms with van der Waals surface area (Å²) in [5.74, 6) is -0.954. The van der Waals surface area contributed by atoms with Gasteiger partial charge in [0.15, 0.2) is 0 Å². The Labute approximate surface area is 118 Å². The average molecular weight is 270 g/mol. The minimum absolute atomic E-state index is 0.0519. The number of amides is 2. The molecule has 0 spiro atoms. The monoisotopic (exact) mass is 270 g/mol. The molecule has 0 saturated carbocycles. The van der Waals surface area contributed by atoms with Crippen molar-refractivity contribution in [2.75, 3.05) is 0 Å². The van der Waals surface area contributed by atoms with Crippen LogP contribution in [-0.2, 0) is 15.0 Å². The highest BCUT2D eigenvalue weighted by Gasteiger charge is 2.30. The van der Waals surface area contributed by atoms with Gasteiger partial charge in [0.05, 0.1) is 17.6 Å². The minimum atomic E-state index is -0.412. The molecule has 0 radical (unpaired) electrons. The molecule has 2 rings (SSSR count). The lowest BCUT2D eigenvalue weighted by atomic mass is 9.81. The van der Waals surface area contributed by atoms with Gasteiger partial charge in [-0.25, -0.2) is 0 Å². The number of nitriles is 1. The third-order valence-corrected chi connectivity index (χ3v) is 3.65. The van der Waals surface area contributed by atoms with Crippen LogP contribution < -0.4 is 5.32 Å². The molecule has 104 valence electrons. The molecular formula is C16H18N2O2. The smallest absolute Gasteiger partial charge is 0.234 e. The first-order valence-corrected chi connectivity index (χ1v) is 6.71. The van der Waals surface area contributed by atoms with Crippen molar-refractivity contribution in [2.45, 2.75) is 44.9 Å². The van der Waals surface area contributed by atoms with Crippen LogP contribution in [0.3, 0.4) is 0 Å². The Morgan fingerprint density at radius 1 is 1.30 bits per heavy atom. The number of piperidine rings is 1. The zero-order valence-corrected chi connectivity index (χ0v) is 12.0. The van der Waals surface area contributed by atoms with Gasteiger partial charge in [-0.1, -0.05) is 32.9 Å². The lowest BCUT2D eigenvalue weighted by molar-refractivity contribution is -0.134. The van der Waals surface area contributed by atoms with Gasteiger partial charge in [0.2, 0.25) is 11.8 Å². The minimum Gasteiger partial charge on any atom is -0.296 e. The third kappa shape index (κ3) is 2.72. The van der Waals surface area contributed by atoms with E-state index in [2.05, 4.69) is 32.2 Å². The molecule has 2 amide bonds. The van der Waals surface area contributed by atoms with Crippen molar-refractivity contribution in [1.29, 1.82) is 5.26 Å². The zero-order chi connectivity index (χ0) is 14.9. The maximum atomic E-state index is 12.0. The summed E-state index contributed by atoms with van der Waals surface area (Å²) in [5, 5.41) is 11.6. The number of nitrogens with zero attached hydrogens (tertiary/aromatic N) is 1. The second kappa shape index (κ2) is 5.09. The average Bonchev–Trinajstić information content (AvgIpc) is 2.37. The molecule has 1 N–H and O–H groups in total. The van der Waals surface area contributed by atoms with Gasteiger partial charge >= 0.3 is 0 Å². The van der Waals surface area contributed by atoms with Crippen LogP contribution in [0, 0.1) is 11.3 Å². The van der Waals surface area contributed by atoms with Gasteiger partial charge in [-0.3, -0.25) is 14.9 Å². The number of carbonyl (C=O) groups excluding carboxylic acids is 2. The second-order valence-electron chi connectivity index (χ2n) is 6.17. The molecule has 1 unspecified atom stereocenters. The van der Waals surface area contributed by atoms with E-state index in [1.807, 2.05) is 12.1 Å². The standard InChI is InChI=1S/C16H18N2O2/c1-16(2,3)11-5-4-10(9-17)13(8-11)12-6-7-14(19)18-15(12)20/h4-5,8,12H,6-7H2,1-3H3,(H,18,19,20). The first-order valence-electron chi connectivity index (χ1n) is 6.71. The normalized spacial score (nSPS) is 19.4. The van der Waals surface area contributed by atoms with Crippen LogP contribution >= 0.6 is 0 Å². The fourth-order valence-electron chi connectivity index (χ4n) is 2.41. The molecule has 1 aromatic carbocycles. The molecule has 1 aliphatic rings. The molecule has 20 heavy (non-hydrogen) atoms. The first kappa shape index (κ1) is 14.3. The van der Waals surface area contributed by atoms with Crippen LogP contribution in [0.5, 0.6) is 0 Å². The SMILES string of the molecule is CC(C)(C)c1ccc(C#N)c(C2CCC(=O)NC2=O)c1. The van der Waals surface area contributed by atoms with Crippen LogP contribution in [-0.4, -0.2) is 11.8 Å². The number of hydrogen-bond donors (Lipinski definition) is 1. The van der Waals surface area contributed by atoms with Gasteiger partial charge in [-0.2, -0.15) is 5.26 Å². The van der Waals surface area contributed by atoms with E-state index in [0.29, 0.717) is 18.4 Å². The number of carbonyl (C=O) groups is 2. The predicted molar refractivity (Wildman–Crippen MR) is 75.0 cm³/mol. The Hall–Kier alpha value is -2.15. The first-order chi connectivity index (χ1) is 9.32. The number of rotatable bonds is 1. The topological polar surface area (TPSA) is 70.0 Å². The van der Waals surface area contributed by atoms with E-state index >= 15 is 0 Å². The van der Waals surface area contributed by atoms with Crippen molar-refractivity contribution in [3.63, 3.8) is 0 Å². The van der Waals surface area contributed by atoms with Crippen LogP contribution in [0.15, 0.2) is 18.2 Å².